The van der Waals surface area contributed by atoms with Crippen LogP contribution >= 0.6 is 21.2 Å². The molecule has 0 aromatic rings. The van der Waals surface area contributed by atoms with E-state index < -0.39 is 0 Å². The molecule has 2 nitrogen and oxygen atoms in total. The van der Waals surface area contributed by atoms with Crippen molar-refractivity contribution in [3.63, 3.8) is 0 Å². The Hall–Kier alpha value is 0.670. The number of alkyl halides is 1. The molecule has 2 aliphatic rings. The van der Waals surface area contributed by atoms with Gasteiger partial charge in [0.25, 0.3) is 0 Å². The van der Waals surface area contributed by atoms with Gasteiger partial charge >= 0.3 is 142 Å². The average Bonchev–Trinajstić information content (AvgIpc) is 2.82. The Morgan fingerprint density at radius 2 is 2.20 bits per heavy atom. The van der Waals surface area contributed by atoms with Crippen LogP contribution in [0, 0.1) is 5.92 Å². The Labute approximate surface area is 141 Å². The van der Waals surface area contributed by atoms with Crippen LogP contribution in [0.5, 0.6) is 0 Å². The van der Waals surface area contributed by atoms with Gasteiger partial charge in [0.1, 0.15) is 0 Å². The molecule has 2 rings (SSSR count). The van der Waals surface area contributed by atoms with Crippen molar-refractivity contribution in [3.8, 4) is 0 Å². The van der Waals surface area contributed by atoms with Gasteiger partial charge in [-0.2, -0.15) is 0 Å². The van der Waals surface area contributed by atoms with Gasteiger partial charge in [-0.25, -0.2) is 0 Å². The minimum absolute atomic E-state index is 0.0458. The van der Waals surface area contributed by atoms with E-state index >= 15 is 0 Å². The first-order chi connectivity index (χ1) is 9.60. The standard InChI is InChI=1S/C15H24IO2S2/c1-10(2)8-11-4-5-14(13(9-11)17-3)20-16-12-6-7-18-15(12)19/h8,11-14H,4-7,9H2,1-3H3/q-1/t11?,12?,13-,14?/m1/s1. The Balaban J connectivity index is 1.83. The maximum atomic E-state index is 5.76. The second-order valence-electron chi connectivity index (χ2n) is 5.73. The molecule has 1 heterocycles. The SMILES string of the molecule is CO[C@@H]1CC(C=C(C)C)CCC1S[I-]C1CCOC1=S. The first-order valence-electron chi connectivity index (χ1n) is 7.23. The summed E-state index contributed by atoms with van der Waals surface area (Å²) in [6.45, 7) is 5.22. The molecule has 1 aliphatic carbocycles. The van der Waals surface area contributed by atoms with E-state index in [-0.39, 0.29) is 19.8 Å². The van der Waals surface area contributed by atoms with Gasteiger partial charge in [0.15, 0.2) is 0 Å². The van der Waals surface area contributed by atoms with Crippen molar-refractivity contribution >= 4 is 26.2 Å². The Kier molecular flexibility index (Phi) is 7.10. The van der Waals surface area contributed by atoms with Crippen molar-refractivity contribution in [1.29, 1.82) is 0 Å². The van der Waals surface area contributed by atoms with E-state index in [1.54, 1.807) is 0 Å². The first kappa shape index (κ1) is 17.0. The van der Waals surface area contributed by atoms with Crippen molar-refractivity contribution in [2.45, 2.75) is 54.8 Å². The molecule has 0 radical (unpaired) electrons. The second-order valence-corrected chi connectivity index (χ2v) is 11.7. The first-order valence-corrected chi connectivity index (χ1v) is 12.3. The van der Waals surface area contributed by atoms with E-state index in [4.69, 9.17) is 21.7 Å². The van der Waals surface area contributed by atoms with Crippen molar-refractivity contribution in [2.24, 2.45) is 5.92 Å². The summed E-state index contributed by atoms with van der Waals surface area (Å²) < 4.78 is 11.8. The van der Waals surface area contributed by atoms with Crippen LogP contribution in [0.25, 0.3) is 0 Å². The number of rotatable bonds is 5. The fraction of sp³-hybridized carbons (Fsp3) is 0.800. The molecule has 0 spiro atoms. The summed E-state index contributed by atoms with van der Waals surface area (Å²) in [5.41, 5.74) is 1.43. The number of hydrogen-bond donors (Lipinski definition) is 0. The predicted molar refractivity (Wildman–Crippen MR) is 85.9 cm³/mol. The molecule has 5 heteroatoms. The number of halogens is 1. The second kappa shape index (κ2) is 8.34. The maximum absolute atomic E-state index is 5.76. The molecule has 0 N–H and O–H groups in total. The number of hydrogen-bond acceptors (Lipinski definition) is 4. The van der Waals surface area contributed by atoms with Crippen molar-refractivity contribution < 1.29 is 29.3 Å². The van der Waals surface area contributed by atoms with Crippen LogP contribution in [0.2, 0.25) is 0 Å². The zero-order chi connectivity index (χ0) is 14.5. The van der Waals surface area contributed by atoms with E-state index in [1.165, 1.54) is 24.8 Å². The van der Waals surface area contributed by atoms with Crippen LogP contribution in [0.1, 0.15) is 39.5 Å². The molecule has 4 atom stereocenters. The van der Waals surface area contributed by atoms with Crippen molar-refractivity contribution in [3.05, 3.63) is 11.6 Å². The zero-order valence-electron chi connectivity index (χ0n) is 12.4. The van der Waals surface area contributed by atoms with Gasteiger partial charge in [-0.3, -0.25) is 0 Å². The molecule has 3 unspecified atom stereocenters. The van der Waals surface area contributed by atoms with Gasteiger partial charge in [-0.05, 0) is 0 Å². The third-order valence-electron chi connectivity index (χ3n) is 3.79. The van der Waals surface area contributed by atoms with Crippen LogP contribution in [-0.2, 0) is 9.47 Å². The van der Waals surface area contributed by atoms with E-state index in [2.05, 4.69) is 28.9 Å². The summed E-state index contributed by atoms with van der Waals surface area (Å²) in [5, 5.41) is 1.54. The molecule has 116 valence electrons. The number of methoxy groups -OCH3 is 1. The third-order valence-corrected chi connectivity index (χ3v) is 11.6. The van der Waals surface area contributed by atoms with Gasteiger partial charge in [-0.1, -0.05) is 0 Å². The van der Waals surface area contributed by atoms with Gasteiger partial charge in [0.05, 0.1) is 0 Å². The molecular weight excluding hydrogens is 403 g/mol. The Morgan fingerprint density at radius 3 is 2.80 bits per heavy atom. The van der Waals surface area contributed by atoms with Crippen LogP contribution in [0.15, 0.2) is 11.6 Å². The van der Waals surface area contributed by atoms with Gasteiger partial charge in [-0.15, -0.1) is 0 Å². The average molecular weight is 427 g/mol. The molecule has 0 bridgehead atoms. The van der Waals surface area contributed by atoms with Crippen molar-refractivity contribution in [2.75, 3.05) is 13.7 Å². The van der Waals surface area contributed by atoms with Gasteiger partial charge in [0, 0.05) is 0 Å². The molecular formula is C15H24IO2S2-. The number of allylic oxidation sites excluding steroid dienone is 2. The molecule has 20 heavy (non-hydrogen) atoms. The van der Waals surface area contributed by atoms with Gasteiger partial charge in [0.2, 0.25) is 0 Å². The Morgan fingerprint density at radius 1 is 1.40 bits per heavy atom. The Bertz CT molecular complexity index is 369. The summed E-state index contributed by atoms with van der Waals surface area (Å²) >= 11 is 5.33. The molecule has 2 fully saturated rings. The quantitative estimate of drug-likeness (QED) is 0.282. The van der Waals surface area contributed by atoms with Gasteiger partial charge < -0.3 is 0 Å². The van der Waals surface area contributed by atoms with Crippen LogP contribution in [0.3, 0.4) is 0 Å². The monoisotopic (exact) mass is 427 g/mol. The van der Waals surface area contributed by atoms with Crippen LogP contribution in [0.4, 0.5) is 0 Å². The zero-order valence-corrected chi connectivity index (χ0v) is 16.2. The molecule has 0 amide bonds. The third kappa shape index (κ3) is 4.85. The summed E-state index contributed by atoms with van der Waals surface area (Å²) in [6.07, 6.45) is 7.72. The fourth-order valence-corrected chi connectivity index (χ4v) is 10.5. The molecule has 0 aromatic carbocycles. The minimum atomic E-state index is 0.0458. The summed E-state index contributed by atoms with van der Waals surface area (Å²) in [7, 11) is 4.01. The number of ether oxygens (including phenoxy) is 2. The van der Waals surface area contributed by atoms with E-state index in [1.807, 2.05) is 7.11 Å². The normalized spacial score (nSPS) is 34.0. The van der Waals surface area contributed by atoms with E-state index in [0.29, 0.717) is 21.2 Å². The fourth-order valence-electron chi connectivity index (χ4n) is 2.79. The molecule has 0 aromatic heterocycles. The van der Waals surface area contributed by atoms with Crippen molar-refractivity contribution in [1.82, 2.24) is 0 Å². The van der Waals surface area contributed by atoms with Crippen LogP contribution < -0.4 is 19.8 Å². The molecule has 1 saturated heterocycles. The summed E-state index contributed by atoms with van der Waals surface area (Å²) in [6, 6.07) is 0. The number of thiocarbonyl (C=S) groups is 1. The molecule has 1 aliphatic heterocycles. The molecule has 1 saturated carbocycles. The van der Waals surface area contributed by atoms with Crippen LogP contribution in [-0.4, -0.2) is 34.0 Å². The summed E-state index contributed by atoms with van der Waals surface area (Å²) in [5.74, 6) is 0.705. The summed E-state index contributed by atoms with van der Waals surface area (Å²) in [4.78, 5) is 0. The predicted octanol–water partition coefficient (Wildman–Crippen LogP) is 0.990. The van der Waals surface area contributed by atoms with E-state index in [9.17, 15) is 0 Å². The van der Waals surface area contributed by atoms with E-state index in [0.717, 1.165) is 18.1 Å². The topological polar surface area (TPSA) is 18.5 Å².